The fraction of sp³-hybridized carbons (Fsp3) is 0.368. The molecule has 2 aromatic rings. The van der Waals surface area contributed by atoms with Crippen LogP contribution in [-0.2, 0) is 6.61 Å². The first kappa shape index (κ1) is 20.0. The first-order valence-corrected chi connectivity index (χ1v) is 9.02. The van der Waals surface area contributed by atoms with Gasteiger partial charge in [-0.25, -0.2) is 9.98 Å². The number of nitrogens with zero attached hydrogens (tertiary/aromatic N) is 3. The Balaban J connectivity index is 2.15. The van der Waals surface area contributed by atoms with E-state index in [1.165, 1.54) is 0 Å². The highest BCUT2D eigenvalue weighted by Gasteiger charge is 2.10. The summed E-state index contributed by atoms with van der Waals surface area (Å²) in [5.41, 5.74) is 2.53. The summed E-state index contributed by atoms with van der Waals surface area (Å²) in [6.45, 7) is 5.21. The van der Waals surface area contributed by atoms with Crippen molar-refractivity contribution in [2.24, 2.45) is 4.99 Å². The standard InChI is InChI=1S/C19H24BrN3O3/c1-6-23(3)12-21-18-10-17(20)19(22-13(18)2)26-11-14-7-15(24-4)9-16(8-14)25-5/h7-10,12H,6,11H2,1-5H3/b21-12+. The monoisotopic (exact) mass is 421 g/mol. The molecule has 0 aliphatic heterocycles. The molecule has 0 amide bonds. The maximum atomic E-state index is 5.87. The van der Waals surface area contributed by atoms with Crippen LogP contribution in [0.25, 0.3) is 0 Å². The maximum Gasteiger partial charge on any atom is 0.228 e. The maximum absolute atomic E-state index is 5.87. The van der Waals surface area contributed by atoms with Crippen LogP contribution in [0.2, 0.25) is 0 Å². The van der Waals surface area contributed by atoms with Gasteiger partial charge in [0.15, 0.2) is 0 Å². The first-order valence-electron chi connectivity index (χ1n) is 8.23. The summed E-state index contributed by atoms with van der Waals surface area (Å²) in [5.74, 6) is 1.96. The molecular weight excluding hydrogens is 398 g/mol. The Hall–Kier alpha value is -2.28. The highest BCUT2D eigenvalue weighted by molar-refractivity contribution is 9.10. The van der Waals surface area contributed by atoms with E-state index >= 15 is 0 Å². The fourth-order valence-electron chi connectivity index (χ4n) is 2.12. The van der Waals surface area contributed by atoms with E-state index in [2.05, 4.69) is 32.8 Å². The second-order valence-corrected chi connectivity index (χ2v) is 6.56. The molecule has 1 aromatic carbocycles. The number of halogens is 1. The minimum atomic E-state index is 0.347. The zero-order chi connectivity index (χ0) is 19.1. The van der Waals surface area contributed by atoms with Crippen molar-refractivity contribution in [3.8, 4) is 17.4 Å². The summed E-state index contributed by atoms with van der Waals surface area (Å²) in [5, 5.41) is 0. The highest BCUT2D eigenvalue weighted by atomic mass is 79.9. The molecule has 0 N–H and O–H groups in total. The van der Waals surface area contributed by atoms with Crippen LogP contribution in [0.15, 0.2) is 33.7 Å². The van der Waals surface area contributed by atoms with Gasteiger partial charge in [0.05, 0.1) is 36.4 Å². The quantitative estimate of drug-likeness (QED) is 0.468. The normalized spacial score (nSPS) is 10.8. The molecule has 140 valence electrons. The van der Waals surface area contributed by atoms with Crippen molar-refractivity contribution in [2.45, 2.75) is 20.5 Å². The predicted octanol–water partition coefficient (Wildman–Crippen LogP) is 4.36. The van der Waals surface area contributed by atoms with Gasteiger partial charge in [-0.15, -0.1) is 0 Å². The molecule has 0 saturated heterocycles. The molecule has 0 aliphatic rings. The lowest BCUT2D eigenvalue weighted by Crippen LogP contribution is -2.14. The minimum absolute atomic E-state index is 0.347. The molecule has 0 fully saturated rings. The summed E-state index contributed by atoms with van der Waals surface area (Å²) < 4.78 is 17.2. The van der Waals surface area contributed by atoms with Crippen LogP contribution in [0.1, 0.15) is 18.2 Å². The Kier molecular flexibility index (Phi) is 7.26. The smallest absolute Gasteiger partial charge is 0.228 e. The molecule has 0 unspecified atom stereocenters. The predicted molar refractivity (Wildman–Crippen MR) is 107 cm³/mol. The Morgan fingerprint density at radius 3 is 2.38 bits per heavy atom. The summed E-state index contributed by atoms with van der Waals surface area (Å²) in [6.07, 6.45) is 1.79. The average Bonchev–Trinajstić information content (AvgIpc) is 2.66. The molecule has 2 rings (SSSR count). The fourth-order valence-corrected chi connectivity index (χ4v) is 2.54. The van der Waals surface area contributed by atoms with Crippen LogP contribution >= 0.6 is 15.9 Å². The number of benzene rings is 1. The SMILES string of the molecule is CCN(C)/C=N/c1cc(Br)c(OCc2cc(OC)cc(OC)c2)nc1C. The van der Waals surface area contributed by atoms with E-state index in [1.807, 2.05) is 43.1 Å². The van der Waals surface area contributed by atoms with Gasteiger partial charge in [-0.2, -0.15) is 0 Å². The van der Waals surface area contributed by atoms with Crippen molar-refractivity contribution < 1.29 is 14.2 Å². The van der Waals surface area contributed by atoms with Crippen molar-refractivity contribution in [3.05, 3.63) is 40.0 Å². The van der Waals surface area contributed by atoms with Gasteiger partial charge in [-0.1, -0.05) is 0 Å². The number of rotatable bonds is 8. The van der Waals surface area contributed by atoms with Crippen molar-refractivity contribution in [3.63, 3.8) is 0 Å². The molecule has 0 aliphatic carbocycles. The third-order valence-electron chi connectivity index (χ3n) is 3.79. The molecule has 1 heterocycles. The molecule has 26 heavy (non-hydrogen) atoms. The van der Waals surface area contributed by atoms with E-state index in [4.69, 9.17) is 14.2 Å². The summed E-state index contributed by atoms with van der Waals surface area (Å²) in [7, 11) is 5.22. The van der Waals surface area contributed by atoms with E-state index in [-0.39, 0.29) is 0 Å². The molecule has 0 saturated carbocycles. The lowest BCUT2D eigenvalue weighted by Gasteiger charge is -2.12. The van der Waals surface area contributed by atoms with E-state index in [1.54, 1.807) is 20.6 Å². The minimum Gasteiger partial charge on any atom is -0.497 e. The van der Waals surface area contributed by atoms with Gasteiger partial charge in [0, 0.05) is 19.7 Å². The zero-order valence-corrected chi connectivity index (χ0v) is 17.3. The van der Waals surface area contributed by atoms with Crippen molar-refractivity contribution >= 4 is 28.0 Å². The van der Waals surface area contributed by atoms with Gasteiger partial charge in [-0.05, 0) is 53.5 Å². The number of aromatic nitrogens is 1. The van der Waals surface area contributed by atoms with Crippen LogP contribution in [0.5, 0.6) is 17.4 Å². The Morgan fingerprint density at radius 1 is 1.15 bits per heavy atom. The second-order valence-electron chi connectivity index (χ2n) is 5.71. The third kappa shape index (κ3) is 5.36. The third-order valence-corrected chi connectivity index (χ3v) is 4.36. The summed E-state index contributed by atoms with van der Waals surface area (Å²) in [6, 6.07) is 7.54. The molecule has 1 aromatic heterocycles. The van der Waals surface area contributed by atoms with Crippen LogP contribution in [-0.4, -0.2) is 44.0 Å². The molecule has 0 radical (unpaired) electrons. The van der Waals surface area contributed by atoms with Gasteiger partial charge in [0.25, 0.3) is 0 Å². The number of ether oxygens (including phenoxy) is 3. The number of aryl methyl sites for hydroxylation is 1. The second kappa shape index (κ2) is 9.43. The van der Waals surface area contributed by atoms with Gasteiger partial charge in [0.2, 0.25) is 5.88 Å². The molecule has 0 atom stereocenters. The van der Waals surface area contributed by atoms with E-state index < -0.39 is 0 Å². The molecule has 6 nitrogen and oxygen atoms in total. The average molecular weight is 422 g/mol. The van der Waals surface area contributed by atoms with E-state index in [0.29, 0.717) is 12.5 Å². The van der Waals surface area contributed by atoms with E-state index in [9.17, 15) is 0 Å². The van der Waals surface area contributed by atoms with Crippen molar-refractivity contribution in [1.82, 2.24) is 9.88 Å². The Morgan fingerprint density at radius 2 is 1.81 bits per heavy atom. The summed E-state index contributed by atoms with van der Waals surface area (Å²) >= 11 is 3.51. The first-order chi connectivity index (χ1) is 12.5. The molecule has 7 heteroatoms. The number of aliphatic imine (C=N–C) groups is 1. The van der Waals surface area contributed by atoms with Crippen LogP contribution in [0.4, 0.5) is 5.69 Å². The van der Waals surface area contributed by atoms with Gasteiger partial charge in [-0.3, -0.25) is 0 Å². The van der Waals surface area contributed by atoms with Crippen molar-refractivity contribution in [2.75, 3.05) is 27.8 Å². The van der Waals surface area contributed by atoms with E-state index in [0.717, 1.165) is 39.5 Å². The van der Waals surface area contributed by atoms with Gasteiger partial charge in [0.1, 0.15) is 18.1 Å². The van der Waals surface area contributed by atoms with Crippen LogP contribution in [0.3, 0.4) is 0 Å². The number of methoxy groups -OCH3 is 2. The van der Waals surface area contributed by atoms with Gasteiger partial charge >= 0.3 is 0 Å². The summed E-state index contributed by atoms with van der Waals surface area (Å²) in [4.78, 5) is 11.0. The van der Waals surface area contributed by atoms with Crippen molar-refractivity contribution in [1.29, 1.82) is 0 Å². The molecule has 0 bridgehead atoms. The highest BCUT2D eigenvalue weighted by Crippen LogP contribution is 2.31. The molecular formula is C19H24BrN3O3. The lowest BCUT2D eigenvalue weighted by atomic mass is 10.2. The largest absolute Gasteiger partial charge is 0.497 e. The topological polar surface area (TPSA) is 56.2 Å². The molecule has 0 spiro atoms. The Labute approximate surface area is 162 Å². The Bertz CT molecular complexity index is 759. The zero-order valence-electron chi connectivity index (χ0n) is 15.7. The number of hydrogen-bond acceptors (Lipinski definition) is 5. The van der Waals surface area contributed by atoms with Crippen LogP contribution in [0, 0.1) is 6.92 Å². The van der Waals surface area contributed by atoms with Gasteiger partial charge < -0.3 is 19.1 Å². The number of hydrogen-bond donors (Lipinski definition) is 0. The van der Waals surface area contributed by atoms with Crippen LogP contribution < -0.4 is 14.2 Å². The lowest BCUT2D eigenvalue weighted by molar-refractivity contribution is 0.289. The number of pyridine rings is 1.